The molecule has 1 aliphatic heterocycles. The highest BCUT2D eigenvalue weighted by Gasteiger charge is 2.34. The van der Waals surface area contributed by atoms with Crippen LogP contribution < -0.4 is 10.5 Å². The van der Waals surface area contributed by atoms with Crippen molar-refractivity contribution < 1.29 is 17.5 Å². The molecule has 1 saturated heterocycles. The Balaban J connectivity index is 2.13. The lowest BCUT2D eigenvalue weighted by atomic mass is 10.3. The highest BCUT2D eigenvalue weighted by Crippen LogP contribution is 2.22. The van der Waals surface area contributed by atoms with E-state index in [2.05, 4.69) is 0 Å². The van der Waals surface area contributed by atoms with E-state index in [4.69, 9.17) is 10.5 Å². The second kappa shape index (κ2) is 4.95. The first kappa shape index (κ1) is 14.0. The molecule has 106 valence electrons. The number of likely N-dealkylation sites (N-methyl/N-ethyl adjacent to an activating group) is 2. The van der Waals surface area contributed by atoms with Gasteiger partial charge in [0.2, 0.25) is 0 Å². The fourth-order valence-electron chi connectivity index (χ4n) is 1.98. The molecule has 0 bridgehead atoms. The first-order valence-corrected chi connectivity index (χ1v) is 7.09. The Morgan fingerprint density at radius 3 is 2.37 bits per heavy atom. The Labute approximate surface area is 111 Å². The number of nitrogens with zero attached hydrogens (tertiary/aromatic N) is 2. The highest BCUT2D eigenvalue weighted by molar-refractivity contribution is 7.86. The highest BCUT2D eigenvalue weighted by atomic mass is 32.2. The van der Waals surface area contributed by atoms with E-state index < -0.39 is 16.0 Å². The standard InChI is InChI=1S/C11H16FN3O3S/c1-14-6-11(7-15(2)19(14,16)17)18-10-4-8(12)3-9(13)5-10/h3-5,11H,6-7,13H2,1-2H3. The predicted octanol–water partition coefficient (Wildman–Crippen LogP) is 0.277. The minimum absolute atomic E-state index is 0.211. The molecule has 2 rings (SSSR count). The number of ether oxygens (including phenoxy) is 1. The van der Waals surface area contributed by atoms with Gasteiger partial charge in [0.05, 0.1) is 13.1 Å². The van der Waals surface area contributed by atoms with Crippen molar-refractivity contribution in [3.8, 4) is 5.75 Å². The number of rotatable bonds is 2. The fourth-order valence-corrected chi connectivity index (χ4v) is 3.16. The van der Waals surface area contributed by atoms with E-state index in [9.17, 15) is 12.8 Å². The Bertz CT molecular complexity index is 540. The average molecular weight is 289 g/mol. The number of halogens is 1. The molecule has 0 aromatic heterocycles. The Morgan fingerprint density at radius 2 is 1.84 bits per heavy atom. The molecule has 6 nitrogen and oxygen atoms in total. The number of hydrogen-bond acceptors (Lipinski definition) is 4. The summed E-state index contributed by atoms with van der Waals surface area (Å²) in [5.74, 6) is -0.191. The van der Waals surface area contributed by atoms with Crippen LogP contribution in [0.5, 0.6) is 5.75 Å². The van der Waals surface area contributed by atoms with Crippen LogP contribution in [0.3, 0.4) is 0 Å². The second-order valence-electron chi connectivity index (χ2n) is 4.53. The first-order chi connectivity index (χ1) is 8.79. The summed E-state index contributed by atoms with van der Waals surface area (Å²) in [5, 5.41) is 0. The maximum absolute atomic E-state index is 13.2. The van der Waals surface area contributed by atoms with Crippen molar-refractivity contribution in [3.05, 3.63) is 24.0 Å². The summed E-state index contributed by atoms with van der Waals surface area (Å²) >= 11 is 0. The van der Waals surface area contributed by atoms with Crippen LogP contribution in [0.25, 0.3) is 0 Å². The predicted molar refractivity (Wildman–Crippen MR) is 69.4 cm³/mol. The lowest BCUT2D eigenvalue weighted by Crippen LogP contribution is -2.54. The van der Waals surface area contributed by atoms with Gasteiger partial charge in [0.25, 0.3) is 10.2 Å². The average Bonchev–Trinajstić information content (AvgIpc) is 2.25. The van der Waals surface area contributed by atoms with Crippen LogP contribution in [0.15, 0.2) is 18.2 Å². The maximum atomic E-state index is 13.2. The molecule has 0 atom stereocenters. The lowest BCUT2D eigenvalue weighted by Gasteiger charge is -2.35. The lowest BCUT2D eigenvalue weighted by molar-refractivity contribution is 0.133. The molecule has 0 radical (unpaired) electrons. The minimum Gasteiger partial charge on any atom is -0.487 e. The van der Waals surface area contributed by atoms with Gasteiger partial charge in [0, 0.05) is 31.9 Å². The van der Waals surface area contributed by atoms with Gasteiger partial charge >= 0.3 is 0 Å². The topological polar surface area (TPSA) is 75.9 Å². The molecule has 0 spiro atoms. The second-order valence-corrected chi connectivity index (χ2v) is 6.67. The van der Waals surface area contributed by atoms with Gasteiger partial charge in [-0.15, -0.1) is 0 Å². The van der Waals surface area contributed by atoms with Crippen molar-refractivity contribution in [1.82, 2.24) is 8.61 Å². The van der Waals surface area contributed by atoms with Crippen molar-refractivity contribution in [2.75, 3.05) is 32.9 Å². The molecule has 1 aromatic carbocycles. The summed E-state index contributed by atoms with van der Waals surface area (Å²) in [5.41, 5.74) is 5.79. The molecule has 8 heteroatoms. The molecule has 0 unspecified atom stereocenters. The largest absolute Gasteiger partial charge is 0.487 e. The maximum Gasteiger partial charge on any atom is 0.281 e. The van der Waals surface area contributed by atoms with Gasteiger partial charge in [-0.05, 0) is 6.07 Å². The SMILES string of the molecule is CN1CC(Oc2cc(N)cc(F)c2)CN(C)S1(=O)=O. The minimum atomic E-state index is -3.39. The number of anilines is 1. The van der Waals surface area contributed by atoms with Crippen LogP contribution in [-0.4, -0.2) is 50.3 Å². The zero-order valence-corrected chi connectivity index (χ0v) is 11.5. The fraction of sp³-hybridized carbons (Fsp3) is 0.455. The molecular weight excluding hydrogens is 273 g/mol. The first-order valence-electron chi connectivity index (χ1n) is 5.69. The monoisotopic (exact) mass is 289 g/mol. The Morgan fingerprint density at radius 1 is 1.26 bits per heavy atom. The van der Waals surface area contributed by atoms with Crippen molar-refractivity contribution >= 4 is 15.9 Å². The Kier molecular flexibility index (Phi) is 3.66. The van der Waals surface area contributed by atoms with E-state index in [1.165, 1.54) is 40.9 Å². The van der Waals surface area contributed by atoms with E-state index in [-0.39, 0.29) is 24.9 Å². The van der Waals surface area contributed by atoms with Gasteiger partial charge in [0.1, 0.15) is 17.7 Å². The summed E-state index contributed by atoms with van der Waals surface area (Å²) in [4.78, 5) is 0. The van der Waals surface area contributed by atoms with Crippen molar-refractivity contribution in [2.24, 2.45) is 0 Å². The smallest absolute Gasteiger partial charge is 0.281 e. The van der Waals surface area contributed by atoms with Crippen molar-refractivity contribution in [1.29, 1.82) is 0 Å². The summed E-state index contributed by atoms with van der Waals surface area (Å²) < 4.78 is 44.6. The van der Waals surface area contributed by atoms with Gasteiger partial charge in [-0.1, -0.05) is 0 Å². The normalized spacial score (nSPS) is 21.4. The van der Waals surface area contributed by atoms with Gasteiger partial charge in [-0.25, -0.2) is 4.39 Å². The van der Waals surface area contributed by atoms with Gasteiger partial charge in [-0.2, -0.15) is 17.0 Å². The summed E-state index contributed by atoms with van der Waals surface area (Å²) in [7, 11) is -0.447. The third-order valence-electron chi connectivity index (χ3n) is 2.91. The van der Waals surface area contributed by atoms with Gasteiger partial charge in [-0.3, -0.25) is 0 Å². The Hall–Kier alpha value is -1.38. The molecule has 0 saturated carbocycles. The molecular formula is C11H16FN3O3S. The number of hydrogen-bond donors (Lipinski definition) is 1. The van der Waals surface area contributed by atoms with Crippen LogP contribution in [0.4, 0.5) is 10.1 Å². The molecule has 1 fully saturated rings. The van der Waals surface area contributed by atoms with Crippen LogP contribution in [0.2, 0.25) is 0 Å². The molecule has 1 aliphatic rings. The van der Waals surface area contributed by atoms with E-state index in [1.807, 2.05) is 0 Å². The molecule has 0 amide bonds. The third-order valence-corrected chi connectivity index (χ3v) is 4.78. The summed E-state index contributed by atoms with van der Waals surface area (Å²) in [6.45, 7) is 0.423. The van der Waals surface area contributed by atoms with Crippen LogP contribution in [-0.2, 0) is 10.2 Å². The number of nitrogen functional groups attached to an aromatic ring is 1. The summed E-state index contributed by atoms with van der Waals surface area (Å²) in [6.07, 6.45) is -0.375. The molecule has 1 aromatic rings. The zero-order valence-electron chi connectivity index (χ0n) is 10.7. The van der Waals surface area contributed by atoms with E-state index in [0.29, 0.717) is 5.75 Å². The van der Waals surface area contributed by atoms with Crippen molar-refractivity contribution in [3.63, 3.8) is 0 Å². The molecule has 19 heavy (non-hydrogen) atoms. The van der Waals surface area contributed by atoms with Crippen LogP contribution >= 0.6 is 0 Å². The quantitative estimate of drug-likeness (QED) is 0.793. The van der Waals surface area contributed by atoms with E-state index in [1.54, 1.807) is 0 Å². The molecule has 1 heterocycles. The van der Waals surface area contributed by atoms with Gasteiger partial charge in [0.15, 0.2) is 0 Å². The van der Waals surface area contributed by atoms with E-state index in [0.717, 1.165) is 0 Å². The van der Waals surface area contributed by atoms with Crippen LogP contribution in [0, 0.1) is 5.82 Å². The number of benzene rings is 1. The van der Waals surface area contributed by atoms with Gasteiger partial charge < -0.3 is 10.5 Å². The zero-order chi connectivity index (χ0) is 14.2. The van der Waals surface area contributed by atoms with Crippen LogP contribution in [0.1, 0.15) is 0 Å². The van der Waals surface area contributed by atoms with E-state index >= 15 is 0 Å². The molecule has 2 N–H and O–H groups in total. The third kappa shape index (κ3) is 2.96. The number of nitrogens with two attached hydrogens (primary N) is 1. The summed E-state index contributed by atoms with van der Waals surface area (Å²) in [6, 6.07) is 3.92. The van der Waals surface area contributed by atoms with Crippen molar-refractivity contribution in [2.45, 2.75) is 6.10 Å². The molecule has 0 aliphatic carbocycles.